The topological polar surface area (TPSA) is 86.2 Å². The molecule has 0 radical (unpaired) electrons. The summed E-state index contributed by atoms with van der Waals surface area (Å²) in [6.07, 6.45) is 0. The summed E-state index contributed by atoms with van der Waals surface area (Å²) < 4.78 is 0. The van der Waals surface area contributed by atoms with Crippen molar-refractivity contribution in [3.8, 4) is 0 Å². The van der Waals surface area contributed by atoms with E-state index in [0.29, 0.717) is 5.56 Å². The lowest BCUT2D eigenvalue weighted by Crippen LogP contribution is -1.99. The first kappa shape index (κ1) is 9.18. The summed E-state index contributed by atoms with van der Waals surface area (Å²) in [5, 5.41) is 10.4. The molecule has 13 heavy (non-hydrogen) atoms. The van der Waals surface area contributed by atoms with Crippen molar-refractivity contribution in [2.24, 2.45) is 0 Å². The summed E-state index contributed by atoms with van der Waals surface area (Å²) in [5.74, 6) is -0.219. The number of anilines is 1. The smallest absolute Gasteiger partial charge is 0.292 e. The van der Waals surface area contributed by atoms with Crippen molar-refractivity contribution in [3.63, 3.8) is 0 Å². The molecule has 2 N–H and O–H groups in total. The van der Waals surface area contributed by atoms with E-state index in [-0.39, 0.29) is 17.2 Å². The number of nitro benzene ring substituents is 1. The number of nitrogen functional groups attached to an aromatic ring is 1. The van der Waals surface area contributed by atoms with E-state index in [0.717, 1.165) is 0 Å². The number of nitro groups is 1. The average molecular weight is 180 g/mol. The number of rotatable bonds is 2. The third-order valence-corrected chi connectivity index (χ3v) is 1.63. The van der Waals surface area contributed by atoms with Gasteiger partial charge in [0, 0.05) is 11.6 Å². The second kappa shape index (κ2) is 3.22. The maximum absolute atomic E-state index is 10.9. The Kier molecular flexibility index (Phi) is 2.27. The highest BCUT2D eigenvalue weighted by molar-refractivity contribution is 5.95. The van der Waals surface area contributed by atoms with Crippen LogP contribution in [0.5, 0.6) is 0 Å². The average Bonchev–Trinajstić information content (AvgIpc) is 2.04. The number of nitrogens with zero attached hydrogens (tertiary/aromatic N) is 1. The van der Waals surface area contributed by atoms with E-state index in [1.54, 1.807) is 0 Å². The molecule has 5 nitrogen and oxygen atoms in total. The number of carbonyl (C=O) groups excluding carboxylic acids is 1. The van der Waals surface area contributed by atoms with Gasteiger partial charge in [0.05, 0.1) is 4.92 Å². The normalized spacial score (nSPS) is 9.62. The molecule has 5 heteroatoms. The van der Waals surface area contributed by atoms with Crippen molar-refractivity contribution in [1.29, 1.82) is 0 Å². The van der Waals surface area contributed by atoms with E-state index in [4.69, 9.17) is 5.73 Å². The number of hydrogen-bond acceptors (Lipinski definition) is 4. The number of ketones is 1. The van der Waals surface area contributed by atoms with Crippen molar-refractivity contribution in [2.45, 2.75) is 6.92 Å². The summed E-state index contributed by atoms with van der Waals surface area (Å²) in [5.41, 5.74) is 5.47. The maximum Gasteiger partial charge on any atom is 0.292 e. The van der Waals surface area contributed by atoms with Crippen molar-refractivity contribution in [2.75, 3.05) is 5.73 Å². The first-order chi connectivity index (χ1) is 6.02. The van der Waals surface area contributed by atoms with Crippen molar-refractivity contribution < 1.29 is 9.72 Å². The van der Waals surface area contributed by atoms with E-state index >= 15 is 0 Å². The minimum absolute atomic E-state index is 0.0648. The molecule has 0 spiro atoms. The number of benzene rings is 1. The molecule has 0 atom stereocenters. The van der Waals surface area contributed by atoms with E-state index in [2.05, 4.69) is 0 Å². The fourth-order valence-electron chi connectivity index (χ4n) is 0.921. The van der Waals surface area contributed by atoms with Gasteiger partial charge in [-0.15, -0.1) is 0 Å². The third-order valence-electron chi connectivity index (χ3n) is 1.63. The van der Waals surface area contributed by atoms with Gasteiger partial charge < -0.3 is 5.73 Å². The monoisotopic (exact) mass is 180 g/mol. The number of nitrogens with two attached hydrogens (primary N) is 1. The Morgan fingerprint density at radius 3 is 2.62 bits per heavy atom. The molecule has 68 valence electrons. The van der Waals surface area contributed by atoms with Crippen molar-refractivity contribution in [3.05, 3.63) is 33.9 Å². The predicted molar refractivity (Wildman–Crippen MR) is 47.5 cm³/mol. The van der Waals surface area contributed by atoms with Crippen LogP contribution in [0.15, 0.2) is 18.2 Å². The van der Waals surface area contributed by atoms with Gasteiger partial charge in [0.25, 0.3) is 5.69 Å². The molecule has 0 amide bonds. The summed E-state index contributed by atoms with van der Waals surface area (Å²) in [6.45, 7) is 1.34. The molecule has 0 heterocycles. The lowest BCUT2D eigenvalue weighted by molar-refractivity contribution is -0.383. The van der Waals surface area contributed by atoms with Gasteiger partial charge >= 0.3 is 0 Å². The first-order valence-electron chi connectivity index (χ1n) is 3.57. The van der Waals surface area contributed by atoms with Gasteiger partial charge in [-0.25, -0.2) is 0 Å². The Morgan fingerprint density at radius 1 is 1.54 bits per heavy atom. The largest absolute Gasteiger partial charge is 0.393 e. The van der Waals surface area contributed by atoms with Crippen LogP contribution in [0.2, 0.25) is 0 Å². The second-order valence-electron chi connectivity index (χ2n) is 2.59. The van der Waals surface area contributed by atoms with Gasteiger partial charge in [0.2, 0.25) is 0 Å². The summed E-state index contributed by atoms with van der Waals surface area (Å²) in [4.78, 5) is 20.7. The summed E-state index contributed by atoms with van der Waals surface area (Å²) in [6, 6.07) is 4.00. The first-order valence-corrected chi connectivity index (χ1v) is 3.57. The Morgan fingerprint density at radius 2 is 2.15 bits per heavy atom. The Hall–Kier alpha value is -1.91. The standard InChI is InChI=1S/C8H8N2O3/c1-5(11)6-2-3-7(9)8(4-6)10(12)13/h2-4H,9H2,1H3. The Bertz CT molecular complexity index is 374. The zero-order valence-electron chi connectivity index (χ0n) is 6.98. The van der Waals surface area contributed by atoms with Gasteiger partial charge in [0.1, 0.15) is 5.69 Å². The van der Waals surface area contributed by atoms with Gasteiger partial charge in [-0.1, -0.05) is 0 Å². The highest BCUT2D eigenvalue weighted by Crippen LogP contribution is 2.22. The fraction of sp³-hybridized carbons (Fsp3) is 0.125. The molecule has 0 aromatic heterocycles. The Labute approximate surface area is 74.3 Å². The minimum atomic E-state index is -0.609. The minimum Gasteiger partial charge on any atom is -0.393 e. The van der Waals surface area contributed by atoms with Crippen molar-refractivity contribution >= 4 is 17.2 Å². The van der Waals surface area contributed by atoms with E-state index in [1.165, 1.54) is 25.1 Å². The molecular weight excluding hydrogens is 172 g/mol. The third kappa shape index (κ3) is 1.81. The summed E-state index contributed by atoms with van der Waals surface area (Å²) >= 11 is 0. The van der Waals surface area contributed by atoms with Gasteiger partial charge in [-0.05, 0) is 19.1 Å². The molecule has 0 bridgehead atoms. The Balaban J connectivity index is 3.27. The van der Waals surface area contributed by atoms with E-state index in [9.17, 15) is 14.9 Å². The quantitative estimate of drug-likeness (QED) is 0.322. The van der Waals surface area contributed by atoms with Crippen LogP contribution in [0.4, 0.5) is 11.4 Å². The molecule has 0 saturated heterocycles. The molecular formula is C8H8N2O3. The van der Waals surface area contributed by atoms with Crippen LogP contribution >= 0.6 is 0 Å². The highest BCUT2D eigenvalue weighted by Gasteiger charge is 2.13. The second-order valence-corrected chi connectivity index (χ2v) is 2.59. The van der Waals surface area contributed by atoms with Gasteiger partial charge in [-0.3, -0.25) is 14.9 Å². The van der Waals surface area contributed by atoms with Crippen LogP contribution in [0, 0.1) is 10.1 Å². The zero-order chi connectivity index (χ0) is 10.0. The maximum atomic E-state index is 10.9. The van der Waals surface area contributed by atoms with Gasteiger partial charge in [0.15, 0.2) is 5.78 Å². The van der Waals surface area contributed by atoms with Crippen LogP contribution in [0.1, 0.15) is 17.3 Å². The van der Waals surface area contributed by atoms with Crippen LogP contribution in [0.3, 0.4) is 0 Å². The fourth-order valence-corrected chi connectivity index (χ4v) is 0.921. The number of carbonyl (C=O) groups is 1. The number of Topliss-reactive ketones (excluding diaryl/α,β-unsaturated/α-hetero) is 1. The lowest BCUT2D eigenvalue weighted by atomic mass is 10.1. The molecule has 0 aliphatic carbocycles. The molecule has 0 saturated carbocycles. The predicted octanol–water partition coefficient (Wildman–Crippen LogP) is 1.38. The molecule has 1 aromatic rings. The van der Waals surface area contributed by atoms with E-state index < -0.39 is 4.92 Å². The summed E-state index contributed by atoms with van der Waals surface area (Å²) in [7, 11) is 0. The number of hydrogen-bond donors (Lipinski definition) is 1. The molecule has 1 aromatic carbocycles. The lowest BCUT2D eigenvalue weighted by Gasteiger charge is -1.98. The van der Waals surface area contributed by atoms with Crippen LogP contribution < -0.4 is 5.73 Å². The van der Waals surface area contributed by atoms with E-state index in [1.807, 2.05) is 0 Å². The molecule has 0 aliphatic heterocycles. The molecule has 0 unspecified atom stereocenters. The van der Waals surface area contributed by atoms with Crippen molar-refractivity contribution in [1.82, 2.24) is 0 Å². The molecule has 0 fully saturated rings. The molecule has 0 aliphatic rings. The van der Waals surface area contributed by atoms with Crippen LogP contribution in [0.25, 0.3) is 0 Å². The van der Waals surface area contributed by atoms with Gasteiger partial charge in [-0.2, -0.15) is 0 Å². The zero-order valence-corrected chi connectivity index (χ0v) is 6.98. The van der Waals surface area contributed by atoms with Crippen LogP contribution in [-0.4, -0.2) is 10.7 Å². The highest BCUT2D eigenvalue weighted by atomic mass is 16.6. The van der Waals surface area contributed by atoms with Crippen LogP contribution in [-0.2, 0) is 0 Å². The SMILES string of the molecule is CC(=O)c1ccc(N)c([N+](=O)[O-])c1. The molecule has 1 rings (SSSR count).